The van der Waals surface area contributed by atoms with Gasteiger partial charge in [0.25, 0.3) is 5.56 Å². The molecule has 1 saturated heterocycles. The van der Waals surface area contributed by atoms with Crippen LogP contribution < -0.4 is 16.1 Å². The predicted molar refractivity (Wildman–Crippen MR) is 138 cm³/mol. The number of aromatic nitrogens is 3. The van der Waals surface area contributed by atoms with Crippen LogP contribution in [0.3, 0.4) is 0 Å². The summed E-state index contributed by atoms with van der Waals surface area (Å²) in [5.41, 5.74) is 4.11. The summed E-state index contributed by atoms with van der Waals surface area (Å²) in [5, 5.41) is 0.946. The van der Waals surface area contributed by atoms with Crippen LogP contribution >= 0.6 is 0 Å². The van der Waals surface area contributed by atoms with Crippen LogP contribution in [-0.4, -0.2) is 53.7 Å². The van der Waals surface area contributed by atoms with E-state index >= 15 is 0 Å². The van der Waals surface area contributed by atoms with E-state index in [1.807, 2.05) is 61.7 Å². The Balaban J connectivity index is 1.74. The molecular weight excluding hydrogens is 444 g/mol. The Bertz CT molecular complexity index is 1450. The van der Waals surface area contributed by atoms with Crippen molar-refractivity contribution in [3.05, 3.63) is 81.6 Å². The first-order valence-corrected chi connectivity index (χ1v) is 12.0. The summed E-state index contributed by atoms with van der Waals surface area (Å²) in [6.07, 6.45) is 1.89. The van der Waals surface area contributed by atoms with Crippen LogP contribution in [0, 0.1) is 0 Å². The fourth-order valence-electron chi connectivity index (χ4n) is 4.79. The van der Waals surface area contributed by atoms with Crippen molar-refractivity contribution >= 4 is 16.6 Å². The highest BCUT2D eigenvalue weighted by Crippen LogP contribution is 2.30. The van der Waals surface area contributed by atoms with Gasteiger partial charge < -0.3 is 18.9 Å². The van der Waals surface area contributed by atoms with Gasteiger partial charge in [-0.15, -0.1) is 0 Å². The van der Waals surface area contributed by atoms with E-state index in [1.165, 1.54) is 0 Å². The summed E-state index contributed by atoms with van der Waals surface area (Å²) in [7, 11) is 1.63. The summed E-state index contributed by atoms with van der Waals surface area (Å²) < 4.78 is 16.0. The fourth-order valence-corrected chi connectivity index (χ4v) is 4.79. The zero-order chi connectivity index (χ0) is 24.4. The Kier molecular flexibility index (Phi) is 6.57. The Morgan fingerprint density at radius 3 is 2.49 bits per heavy atom. The van der Waals surface area contributed by atoms with Crippen LogP contribution in [0.4, 0.5) is 5.69 Å². The van der Waals surface area contributed by atoms with Gasteiger partial charge in [0.1, 0.15) is 0 Å². The van der Waals surface area contributed by atoms with E-state index in [9.17, 15) is 9.59 Å². The highest BCUT2D eigenvalue weighted by Gasteiger charge is 2.20. The first-order valence-electron chi connectivity index (χ1n) is 12.0. The number of hydrogen-bond donors (Lipinski definition) is 0. The Morgan fingerprint density at radius 1 is 1.00 bits per heavy atom. The third-order valence-corrected chi connectivity index (χ3v) is 6.56. The molecule has 0 radical (unpaired) electrons. The Labute approximate surface area is 203 Å². The van der Waals surface area contributed by atoms with Gasteiger partial charge in [-0.3, -0.25) is 13.9 Å². The summed E-state index contributed by atoms with van der Waals surface area (Å²) in [5.74, 6) is 0. The number of hydrogen-bond acceptors (Lipinski definition) is 5. The van der Waals surface area contributed by atoms with Gasteiger partial charge in [0.2, 0.25) is 0 Å². The molecule has 35 heavy (non-hydrogen) atoms. The van der Waals surface area contributed by atoms with Gasteiger partial charge in [-0.2, -0.15) is 0 Å². The van der Waals surface area contributed by atoms with Crippen molar-refractivity contribution in [2.75, 3.05) is 44.9 Å². The normalized spacial score (nSPS) is 14.1. The summed E-state index contributed by atoms with van der Waals surface area (Å²) in [4.78, 5) is 28.7. The lowest BCUT2D eigenvalue weighted by Gasteiger charge is -2.30. The number of anilines is 1. The Hall–Kier alpha value is -3.62. The van der Waals surface area contributed by atoms with Gasteiger partial charge in [-0.25, -0.2) is 4.79 Å². The highest BCUT2D eigenvalue weighted by molar-refractivity contribution is 5.93. The number of methoxy groups -OCH3 is 1. The van der Waals surface area contributed by atoms with E-state index in [4.69, 9.17) is 9.47 Å². The zero-order valence-electron chi connectivity index (χ0n) is 20.1. The molecule has 1 aliphatic rings. The van der Waals surface area contributed by atoms with Crippen molar-refractivity contribution in [2.45, 2.75) is 20.0 Å². The number of pyridine rings is 1. The standard InChI is InChI=1S/C27H30N4O4/c1-3-30-23-10-9-21(17-22(23)24(18-26(30)32)28-12-15-35-16-13-28)31-25(20-7-5-4-6-8-20)19-29(27(31)33)11-14-34-2/h4-10,17-19H,3,11-16H2,1-2H3. The first kappa shape index (κ1) is 23.1. The monoisotopic (exact) mass is 474 g/mol. The second-order valence-electron chi connectivity index (χ2n) is 8.60. The van der Waals surface area contributed by atoms with Crippen molar-refractivity contribution < 1.29 is 9.47 Å². The molecule has 0 spiro atoms. The van der Waals surface area contributed by atoms with Crippen LogP contribution in [0.25, 0.3) is 27.8 Å². The summed E-state index contributed by atoms with van der Waals surface area (Å²) in [6.45, 7) is 6.13. The molecule has 0 N–H and O–H groups in total. The van der Waals surface area contributed by atoms with Crippen molar-refractivity contribution in [1.29, 1.82) is 0 Å². The number of rotatable bonds is 7. The summed E-state index contributed by atoms with van der Waals surface area (Å²) >= 11 is 0. The largest absolute Gasteiger partial charge is 0.383 e. The molecule has 1 aliphatic heterocycles. The summed E-state index contributed by atoms with van der Waals surface area (Å²) in [6, 6.07) is 17.5. The molecule has 0 atom stereocenters. The van der Waals surface area contributed by atoms with Gasteiger partial charge in [0.05, 0.1) is 49.0 Å². The molecule has 2 aromatic carbocycles. The molecule has 182 valence electrons. The number of nitrogens with zero attached hydrogens (tertiary/aromatic N) is 4. The second kappa shape index (κ2) is 9.93. The molecule has 0 unspecified atom stereocenters. The number of benzene rings is 2. The van der Waals surface area contributed by atoms with Crippen LogP contribution in [0.1, 0.15) is 6.92 Å². The molecule has 0 bridgehead atoms. The molecule has 5 rings (SSSR count). The lowest BCUT2D eigenvalue weighted by Crippen LogP contribution is -2.37. The minimum absolute atomic E-state index is 0.0258. The minimum atomic E-state index is -0.128. The number of morpholine rings is 1. The van der Waals surface area contributed by atoms with E-state index in [0.29, 0.717) is 32.9 Å². The van der Waals surface area contributed by atoms with Crippen molar-refractivity contribution in [1.82, 2.24) is 13.7 Å². The van der Waals surface area contributed by atoms with E-state index in [-0.39, 0.29) is 11.2 Å². The Morgan fingerprint density at radius 2 is 1.77 bits per heavy atom. The van der Waals surface area contributed by atoms with Crippen LogP contribution in [0.15, 0.2) is 70.4 Å². The molecule has 8 nitrogen and oxygen atoms in total. The maximum Gasteiger partial charge on any atom is 0.333 e. The van der Waals surface area contributed by atoms with Gasteiger partial charge in [0.15, 0.2) is 0 Å². The maximum absolute atomic E-state index is 13.6. The molecule has 0 saturated carbocycles. The predicted octanol–water partition coefficient (Wildman–Crippen LogP) is 3.12. The minimum Gasteiger partial charge on any atom is -0.383 e. The maximum atomic E-state index is 13.6. The van der Waals surface area contributed by atoms with Gasteiger partial charge >= 0.3 is 5.69 Å². The van der Waals surface area contributed by atoms with Crippen molar-refractivity contribution in [2.24, 2.45) is 0 Å². The van der Waals surface area contributed by atoms with Gasteiger partial charge in [0, 0.05) is 50.0 Å². The molecular formula is C27H30N4O4. The number of ether oxygens (including phenoxy) is 2. The van der Waals surface area contributed by atoms with Crippen molar-refractivity contribution in [3.8, 4) is 16.9 Å². The highest BCUT2D eigenvalue weighted by atomic mass is 16.5. The first-order chi connectivity index (χ1) is 17.1. The SMILES string of the molecule is CCn1c(=O)cc(N2CCOCC2)c2cc(-n3c(-c4ccccc4)cn(CCOC)c3=O)ccc21. The van der Waals surface area contributed by atoms with Crippen LogP contribution in [0.5, 0.6) is 0 Å². The zero-order valence-corrected chi connectivity index (χ0v) is 20.1. The van der Waals surface area contributed by atoms with Crippen molar-refractivity contribution in [3.63, 3.8) is 0 Å². The molecule has 1 fully saturated rings. The van der Waals surface area contributed by atoms with E-state index in [1.54, 1.807) is 26.9 Å². The molecule has 3 heterocycles. The lowest BCUT2D eigenvalue weighted by molar-refractivity contribution is 0.123. The van der Waals surface area contributed by atoms with E-state index in [2.05, 4.69) is 4.90 Å². The lowest BCUT2D eigenvalue weighted by atomic mass is 10.1. The van der Waals surface area contributed by atoms with Gasteiger partial charge in [-0.1, -0.05) is 30.3 Å². The van der Waals surface area contributed by atoms with Crippen LogP contribution in [-0.2, 0) is 22.6 Å². The average Bonchev–Trinajstić information content (AvgIpc) is 3.23. The van der Waals surface area contributed by atoms with Gasteiger partial charge in [-0.05, 0) is 25.1 Å². The third kappa shape index (κ3) is 4.31. The molecule has 8 heteroatoms. The number of aryl methyl sites for hydroxylation is 1. The van der Waals surface area contributed by atoms with Crippen LogP contribution in [0.2, 0.25) is 0 Å². The third-order valence-electron chi connectivity index (χ3n) is 6.56. The topological polar surface area (TPSA) is 70.6 Å². The van der Waals surface area contributed by atoms with E-state index in [0.717, 1.165) is 46.6 Å². The quantitative estimate of drug-likeness (QED) is 0.412. The smallest absolute Gasteiger partial charge is 0.333 e. The average molecular weight is 475 g/mol. The molecule has 0 amide bonds. The second-order valence-corrected chi connectivity index (χ2v) is 8.60. The fraction of sp³-hybridized carbons (Fsp3) is 0.333. The molecule has 2 aromatic heterocycles. The molecule has 0 aliphatic carbocycles. The number of imidazole rings is 1. The number of fused-ring (bicyclic) bond motifs is 1. The molecule has 4 aromatic rings. The van der Waals surface area contributed by atoms with E-state index < -0.39 is 0 Å².